The summed E-state index contributed by atoms with van der Waals surface area (Å²) in [5.41, 5.74) is 15.2. The summed E-state index contributed by atoms with van der Waals surface area (Å²) in [4.78, 5) is 4.70. The summed E-state index contributed by atoms with van der Waals surface area (Å²) < 4.78 is 27.4. The molecule has 0 bridgehead atoms. The van der Waals surface area contributed by atoms with Crippen LogP contribution < -0.4 is 9.80 Å². The molecule has 0 atom stereocenters. The van der Waals surface area contributed by atoms with Crippen LogP contribution in [0.1, 0.15) is 52.7 Å². The summed E-state index contributed by atoms with van der Waals surface area (Å²) in [7, 11) is 0. The second-order valence-corrected chi connectivity index (χ2v) is 22.4. The molecule has 0 aliphatic rings. The van der Waals surface area contributed by atoms with Gasteiger partial charge >= 0.3 is 0 Å². The molecule has 0 saturated heterocycles. The lowest BCUT2D eigenvalue weighted by Gasteiger charge is -2.27. The maximum absolute atomic E-state index is 7.09. The molecule has 0 aliphatic carbocycles. The van der Waals surface area contributed by atoms with Gasteiger partial charge in [0.25, 0.3) is 0 Å². The van der Waals surface area contributed by atoms with Gasteiger partial charge in [0.1, 0.15) is 44.7 Å². The number of rotatable bonds is 6. The Morgan fingerprint density at radius 3 is 1.05 bits per heavy atom. The lowest BCUT2D eigenvalue weighted by Crippen LogP contribution is -2.11. The second-order valence-electron chi connectivity index (χ2n) is 22.4. The fourth-order valence-electron chi connectivity index (χ4n) is 12.1. The highest BCUT2D eigenvalue weighted by atomic mass is 16.3. The van der Waals surface area contributed by atoms with Crippen molar-refractivity contribution in [2.75, 3.05) is 9.80 Å². The standard InChI is InChI=1S/C70H52N2O4/c1-69(2,3)55-29-17-27-49-51-35-43(31-33-59(51)75-67(49)55)71(41-19-9-7-10-20-41)57-39-63-65(47-25-15-13-23-45(47)57)53-37-62-54(38-61(53)73-63)66-48-26-16-14-24-46(48)58(40-64(66)74-62)72(42-21-11-8-12-22-42)44-32-34-60-52(36-44)50-28-18-30-56(68(50)76-60)70(4,5)6/h7-40H,1-6H3. The van der Waals surface area contributed by atoms with Crippen molar-refractivity contribution in [1.82, 2.24) is 0 Å². The highest BCUT2D eigenvalue weighted by molar-refractivity contribution is 6.28. The van der Waals surface area contributed by atoms with E-state index < -0.39 is 0 Å². The predicted octanol–water partition coefficient (Wildman–Crippen LogP) is 21.1. The van der Waals surface area contributed by atoms with Crippen LogP contribution in [0.3, 0.4) is 0 Å². The average Bonchev–Trinajstić information content (AvgIpc) is 4.20. The van der Waals surface area contributed by atoms with Crippen LogP contribution in [0.4, 0.5) is 34.1 Å². The van der Waals surface area contributed by atoms with Gasteiger partial charge in [-0.15, -0.1) is 0 Å². The summed E-state index contributed by atoms with van der Waals surface area (Å²) in [6.07, 6.45) is 0. The van der Waals surface area contributed by atoms with Crippen molar-refractivity contribution in [2.45, 2.75) is 52.4 Å². The van der Waals surface area contributed by atoms with E-state index in [4.69, 9.17) is 17.7 Å². The Balaban J connectivity index is 0.918. The fourth-order valence-corrected chi connectivity index (χ4v) is 12.1. The van der Waals surface area contributed by atoms with Crippen molar-refractivity contribution in [2.24, 2.45) is 0 Å². The van der Waals surface area contributed by atoms with Crippen LogP contribution in [0.2, 0.25) is 0 Å². The molecule has 4 aromatic heterocycles. The Labute approximate surface area is 438 Å². The smallest absolute Gasteiger partial charge is 0.139 e. The normalized spacial score (nSPS) is 12.6. The number of fused-ring (bicyclic) bond motifs is 16. The predicted molar refractivity (Wildman–Crippen MR) is 317 cm³/mol. The molecule has 4 heterocycles. The first-order valence-electron chi connectivity index (χ1n) is 26.2. The quantitative estimate of drug-likeness (QED) is 0.165. The molecule has 11 aromatic carbocycles. The zero-order chi connectivity index (χ0) is 51.2. The molecule has 0 amide bonds. The summed E-state index contributed by atoms with van der Waals surface area (Å²) in [6.45, 7) is 13.4. The number of benzene rings is 11. The first kappa shape index (κ1) is 44.2. The van der Waals surface area contributed by atoms with Gasteiger partial charge in [-0.2, -0.15) is 0 Å². The number of anilines is 6. The molecular weight excluding hydrogens is 933 g/mol. The first-order chi connectivity index (χ1) is 36.9. The minimum atomic E-state index is -0.0729. The highest BCUT2D eigenvalue weighted by Crippen LogP contribution is 2.50. The van der Waals surface area contributed by atoms with Gasteiger partial charge in [0, 0.05) is 99.9 Å². The molecule has 0 fully saturated rings. The van der Waals surface area contributed by atoms with Crippen LogP contribution in [0.5, 0.6) is 0 Å². The van der Waals surface area contributed by atoms with Gasteiger partial charge in [-0.3, -0.25) is 0 Å². The lowest BCUT2D eigenvalue weighted by molar-refractivity contribution is 0.572. The molecule has 6 nitrogen and oxygen atoms in total. The third-order valence-electron chi connectivity index (χ3n) is 15.6. The van der Waals surface area contributed by atoms with Crippen molar-refractivity contribution in [1.29, 1.82) is 0 Å². The van der Waals surface area contributed by atoms with Crippen LogP contribution in [-0.2, 0) is 10.8 Å². The molecule has 0 radical (unpaired) electrons. The largest absolute Gasteiger partial charge is 0.456 e. The molecule has 15 rings (SSSR count). The van der Waals surface area contributed by atoms with E-state index in [0.29, 0.717) is 0 Å². The highest BCUT2D eigenvalue weighted by Gasteiger charge is 2.27. The minimum Gasteiger partial charge on any atom is -0.456 e. The molecule has 0 aliphatic heterocycles. The van der Waals surface area contributed by atoms with E-state index in [-0.39, 0.29) is 10.8 Å². The number of nitrogens with zero attached hydrogens (tertiary/aromatic N) is 2. The summed E-state index contributed by atoms with van der Waals surface area (Å²) in [6, 6.07) is 73.5. The molecule has 0 spiro atoms. The first-order valence-corrected chi connectivity index (χ1v) is 26.2. The van der Waals surface area contributed by atoms with Crippen molar-refractivity contribution in [3.8, 4) is 0 Å². The van der Waals surface area contributed by atoms with Crippen molar-refractivity contribution < 1.29 is 17.7 Å². The van der Waals surface area contributed by atoms with Crippen molar-refractivity contribution in [3.05, 3.63) is 217 Å². The van der Waals surface area contributed by atoms with Crippen LogP contribution in [-0.4, -0.2) is 0 Å². The van der Waals surface area contributed by atoms with Crippen LogP contribution in [0.25, 0.3) is 109 Å². The zero-order valence-corrected chi connectivity index (χ0v) is 43.2. The third kappa shape index (κ3) is 6.66. The zero-order valence-electron chi connectivity index (χ0n) is 43.2. The SMILES string of the molecule is CC(C)(C)c1cccc2c1oc1ccc(N(c3ccccc3)c3cc4oc5cc6c(cc5c4c4ccccc34)oc3cc(N(c4ccccc4)c4ccc5oc7c(C(C)(C)C)cccc7c5c4)c4ccccc4c36)cc12. The van der Waals surface area contributed by atoms with Gasteiger partial charge in [0.05, 0.1) is 11.4 Å². The Hall–Kier alpha value is -9.26. The van der Waals surface area contributed by atoms with E-state index in [1.807, 2.05) is 0 Å². The molecule has 366 valence electrons. The van der Waals surface area contributed by atoms with Gasteiger partial charge in [0.15, 0.2) is 0 Å². The maximum Gasteiger partial charge on any atom is 0.139 e. The van der Waals surface area contributed by atoms with E-state index in [2.05, 4.69) is 258 Å². The van der Waals surface area contributed by atoms with Crippen LogP contribution in [0.15, 0.2) is 224 Å². The second kappa shape index (κ2) is 16.1. The molecule has 0 saturated carbocycles. The molecule has 0 N–H and O–H groups in total. The van der Waals surface area contributed by atoms with Gasteiger partial charge in [-0.05, 0) is 94.4 Å². The molecule has 15 aromatic rings. The lowest BCUT2D eigenvalue weighted by atomic mass is 9.86. The number of furan rings is 4. The molecule has 6 heteroatoms. The summed E-state index contributed by atoms with van der Waals surface area (Å²) >= 11 is 0. The van der Waals surface area contributed by atoms with E-state index in [1.165, 1.54) is 11.1 Å². The van der Waals surface area contributed by atoms with E-state index in [1.54, 1.807) is 0 Å². The Morgan fingerprint density at radius 1 is 0.263 bits per heavy atom. The van der Waals surface area contributed by atoms with Crippen LogP contribution >= 0.6 is 0 Å². The van der Waals surface area contributed by atoms with Gasteiger partial charge in [0.2, 0.25) is 0 Å². The Kier molecular flexibility index (Phi) is 9.38. The third-order valence-corrected chi connectivity index (χ3v) is 15.6. The maximum atomic E-state index is 7.09. The molecular formula is C70H52N2O4. The Bertz CT molecular complexity index is 4540. The molecule has 76 heavy (non-hydrogen) atoms. The number of hydrogen-bond donors (Lipinski definition) is 0. The monoisotopic (exact) mass is 984 g/mol. The van der Waals surface area contributed by atoms with E-state index in [9.17, 15) is 0 Å². The van der Waals surface area contributed by atoms with Crippen LogP contribution in [0, 0.1) is 0 Å². The number of hydrogen-bond acceptors (Lipinski definition) is 6. The summed E-state index contributed by atoms with van der Waals surface area (Å²) in [5, 5.41) is 12.9. The molecule has 0 unspecified atom stereocenters. The van der Waals surface area contributed by atoms with Gasteiger partial charge < -0.3 is 27.5 Å². The van der Waals surface area contributed by atoms with E-state index >= 15 is 0 Å². The summed E-state index contributed by atoms with van der Waals surface area (Å²) in [5.74, 6) is 0. The number of para-hydroxylation sites is 4. The average molecular weight is 985 g/mol. The topological polar surface area (TPSA) is 59.0 Å². The van der Waals surface area contributed by atoms with Crippen molar-refractivity contribution in [3.63, 3.8) is 0 Å². The van der Waals surface area contributed by atoms with Gasteiger partial charge in [-0.1, -0.05) is 163 Å². The van der Waals surface area contributed by atoms with Crippen molar-refractivity contribution >= 4 is 143 Å². The fraction of sp³-hybridized carbons (Fsp3) is 0.114. The van der Waals surface area contributed by atoms with E-state index in [0.717, 1.165) is 143 Å². The van der Waals surface area contributed by atoms with Gasteiger partial charge in [-0.25, -0.2) is 0 Å². The Morgan fingerprint density at radius 2 is 0.645 bits per heavy atom. The minimum absolute atomic E-state index is 0.0729.